The van der Waals surface area contributed by atoms with Crippen molar-refractivity contribution < 1.29 is 14.0 Å². The molecule has 3 rings (SSSR count). The Morgan fingerprint density at radius 1 is 0.944 bits per heavy atom. The minimum atomic E-state index is -2.51. The maximum Gasteiger partial charge on any atom is 0.407 e. The highest BCUT2D eigenvalue weighted by Gasteiger charge is 2.51. The SMILES string of the molecule is CC(C)C[C@H](NC(=O)OC(C)(C)C)C1CC1CCO[Si](c1ccccc1)(c1ccccc1)C(C)(C)C. The van der Waals surface area contributed by atoms with Crippen LogP contribution in [0.5, 0.6) is 0 Å². The van der Waals surface area contributed by atoms with E-state index in [-0.39, 0.29) is 17.2 Å². The first-order valence-electron chi connectivity index (χ1n) is 13.6. The Labute approximate surface area is 220 Å². The topological polar surface area (TPSA) is 47.6 Å². The second kappa shape index (κ2) is 11.5. The van der Waals surface area contributed by atoms with Gasteiger partial charge in [-0.15, -0.1) is 0 Å². The minimum Gasteiger partial charge on any atom is -0.444 e. The number of ether oxygens (including phenoxy) is 1. The number of carbonyl (C=O) groups is 1. The minimum absolute atomic E-state index is 0.0168. The molecule has 0 saturated heterocycles. The van der Waals surface area contributed by atoms with Crippen molar-refractivity contribution >= 4 is 24.8 Å². The zero-order valence-corrected chi connectivity index (χ0v) is 24.6. The van der Waals surface area contributed by atoms with Crippen LogP contribution < -0.4 is 15.7 Å². The number of nitrogens with one attached hydrogen (secondary N) is 1. The van der Waals surface area contributed by atoms with Crippen molar-refractivity contribution in [2.24, 2.45) is 17.8 Å². The Kier molecular flexibility index (Phi) is 9.10. The van der Waals surface area contributed by atoms with Crippen LogP contribution in [0.4, 0.5) is 4.79 Å². The molecule has 1 aliphatic rings. The average molecular weight is 510 g/mol. The first kappa shape index (κ1) is 28.5. The fourth-order valence-electron chi connectivity index (χ4n) is 5.53. The van der Waals surface area contributed by atoms with Crippen molar-refractivity contribution in [1.29, 1.82) is 0 Å². The number of benzene rings is 2. The summed E-state index contributed by atoms with van der Waals surface area (Å²) < 4.78 is 12.7. The molecule has 36 heavy (non-hydrogen) atoms. The zero-order chi connectivity index (χ0) is 26.6. The molecule has 2 aromatic carbocycles. The first-order valence-corrected chi connectivity index (χ1v) is 15.5. The largest absolute Gasteiger partial charge is 0.444 e. The molecule has 3 atom stereocenters. The van der Waals surface area contributed by atoms with Gasteiger partial charge in [-0.25, -0.2) is 4.79 Å². The van der Waals surface area contributed by atoms with Gasteiger partial charge in [0.05, 0.1) is 0 Å². The molecule has 198 valence electrons. The average Bonchev–Trinajstić information content (AvgIpc) is 3.55. The number of hydrogen-bond acceptors (Lipinski definition) is 3. The summed E-state index contributed by atoms with van der Waals surface area (Å²) in [4.78, 5) is 12.5. The summed E-state index contributed by atoms with van der Waals surface area (Å²) in [6.45, 7) is 17.9. The van der Waals surface area contributed by atoms with E-state index in [0.29, 0.717) is 17.8 Å². The number of amides is 1. The van der Waals surface area contributed by atoms with Crippen molar-refractivity contribution in [3.05, 3.63) is 60.7 Å². The van der Waals surface area contributed by atoms with Crippen LogP contribution in [0.3, 0.4) is 0 Å². The van der Waals surface area contributed by atoms with Gasteiger partial charge < -0.3 is 14.5 Å². The molecule has 0 aromatic heterocycles. The summed E-state index contributed by atoms with van der Waals surface area (Å²) in [5.41, 5.74) is -0.487. The van der Waals surface area contributed by atoms with Crippen LogP contribution >= 0.6 is 0 Å². The molecule has 1 aliphatic carbocycles. The van der Waals surface area contributed by atoms with E-state index in [0.717, 1.165) is 25.9 Å². The molecular formula is C31H47NO3Si. The van der Waals surface area contributed by atoms with Crippen molar-refractivity contribution in [3.8, 4) is 0 Å². The highest BCUT2D eigenvalue weighted by atomic mass is 28.4. The summed E-state index contributed by atoms with van der Waals surface area (Å²) in [5.74, 6) is 1.57. The Morgan fingerprint density at radius 2 is 1.47 bits per heavy atom. The number of alkyl carbamates (subject to hydrolysis) is 1. The molecule has 1 saturated carbocycles. The third-order valence-electron chi connectivity index (χ3n) is 7.15. The van der Waals surface area contributed by atoms with E-state index in [1.165, 1.54) is 10.4 Å². The van der Waals surface area contributed by atoms with Crippen LogP contribution in [0, 0.1) is 17.8 Å². The summed E-state index contributed by atoms with van der Waals surface area (Å²) in [5, 5.41) is 5.81. The van der Waals surface area contributed by atoms with Crippen LogP contribution in [-0.2, 0) is 9.16 Å². The van der Waals surface area contributed by atoms with Gasteiger partial charge in [0.1, 0.15) is 5.60 Å². The van der Waals surface area contributed by atoms with E-state index in [9.17, 15) is 4.79 Å². The predicted molar refractivity (Wildman–Crippen MR) is 152 cm³/mol. The molecule has 1 N–H and O–H groups in total. The van der Waals surface area contributed by atoms with Gasteiger partial charge in [-0.05, 0) is 73.2 Å². The summed E-state index contributed by atoms with van der Waals surface area (Å²) in [6.07, 6.45) is 2.81. The molecule has 4 nitrogen and oxygen atoms in total. The molecule has 1 amide bonds. The molecule has 0 spiro atoms. The fourth-order valence-corrected chi connectivity index (χ4v) is 10.1. The predicted octanol–water partition coefficient (Wildman–Crippen LogP) is 6.53. The van der Waals surface area contributed by atoms with Crippen molar-refractivity contribution in [3.63, 3.8) is 0 Å². The van der Waals surface area contributed by atoms with Crippen molar-refractivity contribution in [2.75, 3.05) is 6.61 Å². The standard InChI is InChI=1S/C31H47NO3Si/c1-23(2)21-28(32-29(33)35-30(3,4)5)27-22-24(27)19-20-34-36(31(6,7)8,25-15-11-9-12-16-25)26-17-13-10-14-18-26/h9-18,23-24,27-28H,19-22H2,1-8H3,(H,32,33)/t24?,27?,28-/m0/s1. The normalized spacial score (nSPS) is 19.1. The van der Waals surface area contributed by atoms with Gasteiger partial charge in [0.15, 0.2) is 0 Å². The van der Waals surface area contributed by atoms with Crippen LogP contribution in [0.2, 0.25) is 5.04 Å². The quantitative estimate of drug-likeness (QED) is 0.371. The summed E-state index contributed by atoms with van der Waals surface area (Å²) >= 11 is 0. The van der Waals surface area contributed by atoms with Gasteiger partial charge >= 0.3 is 6.09 Å². The van der Waals surface area contributed by atoms with E-state index in [1.54, 1.807) is 0 Å². The smallest absolute Gasteiger partial charge is 0.407 e. The van der Waals surface area contributed by atoms with E-state index >= 15 is 0 Å². The summed E-state index contributed by atoms with van der Waals surface area (Å²) in [6, 6.07) is 21.8. The second-order valence-electron chi connectivity index (χ2n) is 12.8. The highest BCUT2D eigenvalue weighted by Crippen LogP contribution is 2.46. The number of rotatable bonds is 10. The van der Waals surface area contributed by atoms with Gasteiger partial charge in [0.2, 0.25) is 0 Å². The molecule has 0 aliphatic heterocycles. The zero-order valence-electron chi connectivity index (χ0n) is 23.6. The molecule has 2 unspecified atom stereocenters. The van der Waals surface area contributed by atoms with Crippen LogP contribution in [0.25, 0.3) is 0 Å². The Bertz CT molecular complexity index is 923. The fraction of sp³-hybridized carbons (Fsp3) is 0.581. The van der Waals surface area contributed by atoms with Gasteiger partial charge in [-0.1, -0.05) is 95.3 Å². The molecular weight excluding hydrogens is 462 g/mol. The Morgan fingerprint density at radius 3 is 1.92 bits per heavy atom. The molecule has 2 aromatic rings. The first-order chi connectivity index (χ1) is 16.8. The number of hydrogen-bond donors (Lipinski definition) is 1. The third-order valence-corrected chi connectivity index (χ3v) is 12.2. The third kappa shape index (κ3) is 7.23. The molecule has 0 bridgehead atoms. The lowest BCUT2D eigenvalue weighted by Gasteiger charge is -2.43. The van der Waals surface area contributed by atoms with Crippen LogP contribution in [0.15, 0.2) is 60.7 Å². The highest BCUT2D eigenvalue weighted by molar-refractivity contribution is 6.99. The Balaban J connectivity index is 1.73. The molecule has 1 fully saturated rings. The molecule has 0 radical (unpaired) electrons. The Hall–Kier alpha value is -2.11. The van der Waals surface area contributed by atoms with E-state index < -0.39 is 13.9 Å². The van der Waals surface area contributed by atoms with Crippen LogP contribution in [-0.4, -0.2) is 32.7 Å². The van der Waals surface area contributed by atoms with E-state index in [4.69, 9.17) is 9.16 Å². The summed E-state index contributed by atoms with van der Waals surface area (Å²) in [7, 11) is -2.51. The maximum atomic E-state index is 12.5. The lowest BCUT2D eigenvalue weighted by Crippen LogP contribution is -2.66. The van der Waals surface area contributed by atoms with Crippen LogP contribution in [0.1, 0.15) is 74.7 Å². The lowest BCUT2D eigenvalue weighted by molar-refractivity contribution is 0.0489. The molecule has 0 heterocycles. The van der Waals surface area contributed by atoms with Gasteiger partial charge in [0, 0.05) is 12.6 Å². The van der Waals surface area contributed by atoms with Gasteiger partial charge in [-0.2, -0.15) is 0 Å². The molecule has 5 heteroatoms. The monoisotopic (exact) mass is 509 g/mol. The second-order valence-corrected chi connectivity index (χ2v) is 17.1. The number of carbonyl (C=O) groups excluding carboxylic acids is 1. The van der Waals surface area contributed by atoms with Gasteiger partial charge in [0.25, 0.3) is 8.32 Å². The van der Waals surface area contributed by atoms with Gasteiger partial charge in [-0.3, -0.25) is 0 Å². The maximum absolute atomic E-state index is 12.5. The van der Waals surface area contributed by atoms with Crippen molar-refractivity contribution in [2.45, 2.75) is 91.3 Å². The van der Waals surface area contributed by atoms with E-state index in [2.05, 4.69) is 101 Å². The lowest BCUT2D eigenvalue weighted by atomic mass is 9.98. The van der Waals surface area contributed by atoms with E-state index in [1.807, 2.05) is 20.8 Å². The van der Waals surface area contributed by atoms with Crippen molar-refractivity contribution in [1.82, 2.24) is 5.32 Å².